The lowest BCUT2D eigenvalue weighted by atomic mass is 10.1. The largest absolute Gasteiger partial charge is 0.454 e. The molecule has 2 aromatic carbocycles. The summed E-state index contributed by atoms with van der Waals surface area (Å²) in [4.78, 5) is 2.36. The van der Waals surface area contributed by atoms with Crippen molar-refractivity contribution in [1.29, 1.82) is 5.26 Å². The fraction of sp³-hybridized carbons (Fsp3) is 0.235. The maximum absolute atomic E-state index is 8.97. The van der Waals surface area contributed by atoms with Crippen LogP contribution in [0.1, 0.15) is 22.3 Å². The maximum atomic E-state index is 8.97. The summed E-state index contributed by atoms with van der Waals surface area (Å²) in [7, 11) is 0. The van der Waals surface area contributed by atoms with E-state index in [1.54, 1.807) is 0 Å². The van der Waals surface area contributed by atoms with Gasteiger partial charge in [0.25, 0.3) is 0 Å². The Morgan fingerprint density at radius 3 is 2.76 bits per heavy atom. The van der Waals surface area contributed by atoms with Gasteiger partial charge in [-0.1, -0.05) is 12.1 Å². The molecule has 2 aliphatic heterocycles. The van der Waals surface area contributed by atoms with Gasteiger partial charge in [-0.25, -0.2) is 0 Å². The molecule has 0 atom stereocenters. The summed E-state index contributed by atoms with van der Waals surface area (Å²) in [6.45, 7) is 2.99. The Morgan fingerprint density at radius 2 is 1.86 bits per heavy atom. The van der Waals surface area contributed by atoms with E-state index in [4.69, 9.17) is 14.7 Å². The van der Waals surface area contributed by atoms with Crippen molar-refractivity contribution in [1.82, 2.24) is 4.90 Å². The van der Waals surface area contributed by atoms with Crippen molar-refractivity contribution in [3.05, 3.63) is 58.7 Å². The number of nitrogens with zero attached hydrogens (tertiary/aromatic N) is 2. The molecule has 4 rings (SSSR count). The van der Waals surface area contributed by atoms with E-state index in [1.807, 2.05) is 24.3 Å². The molecule has 104 valence electrons. The van der Waals surface area contributed by atoms with Gasteiger partial charge >= 0.3 is 0 Å². The van der Waals surface area contributed by atoms with Gasteiger partial charge in [0, 0.05) is 19.6 Å². The quantitative estimate of drug-likeness (QED) is 0.847. The van der Waals surface area contributed by atoms with E-state index < -0.39 is 0 Å². The van der Waals surface area contributed by atoms with Crippen molar-refractivity contribution in [2.45, 2.75) is 19.6 Å². The predicted octanol–water partition coefficient (Wildman–Crippen LogP) is 2.80. The summed E-state index contributed by atoms with van der Waals surface area (Å²) in [6, 6.07) is 14.2. The van der Waals surface area contributed by atoms with Crippen LogP contribution in [0.15, 0.2) is 36.4 Å². The second kappa shape index (κ2) is 4.80. The lowest BCUT2D eigenvalue weighted by Gasteiger charge is -2.15. The van der Waals surface area contributed by atoms with Gasteiger partial charge in [-0.05, 0) is 41.0 Å². The standard InChI is InChI=1S/C17H14N2O2/c18-7-12-1-3-14-9-19(10-15(14)5-12)8-13-2-4-16-17(6-13)21-11-20-16/h1-6H,8-11H2. The third-order valence-corrected chi connectivity index (χ3v) is 3.97. The molecule has 2 aromatic rings. The Hall–Kier alpha value is -2.51. The Bertz CT molecular complexity index is 749. The maximum Gasteiger partial charge on any atom is 0.231 e. The number of hydrogen-bond donors (Lipinski definition) is 0. The van der Waals surface area contributed by atoms with E-state index in [0.717, 1.165) is 36.7 Å². The molecule has 21 heavy (non-hydrogen) atoms. The molecule has 0 N–H and O–H groups in total. The van der Waals surface area contributed by atoms with Crippen LogP contribution in [0.25, 0.3) is 0 Å². The van der Waals surface area contributed by atoms with Crippen molar-refractivity contribution in [3.63, 3.8) is 0 Å². The smallest absolute Gasteiger partial charge is 0.231 e. The molecule has 0 unspecified atom stereocenters. The van der Waals surface area contributed by atoms with Gasteiger partial charge in [-0.15, -0.1) is 0 Å². The third kappa shape index (κ3) is 2.22. The molecule has 0 saturated carbocycles. The predicted molar refractivity (Wildman–Crippen MR) is 76.7 cm³/mol. The summed E-state index contributed by atoms with van der Waals surface area (Å²) >= 11 is 0. The Morgan fingerprint density at radius 1 is 1.00 bits per heavy atom. The van der Waals surface area contributed by atoms with Crippen molar-refractivity contribution in [3.8, 4) is 17.6 Å². The third-order valence-electron chi connectivity index (χ3n) is 3.97. The number of nitriles is 1. The van der Waals surface area contributed by atoms with Gasteiger partial charge in [0.15, 0.2) is 11.5 Å². The van der Waals surface area contributed by atoms with Gasteiger partial charge < -0.3 is 9.47 Å². The average molecular weight is 278 g/mol. The first-order chi connectivity index (χ1) is 10.3. The van der Waals surface area contributed by atoms with Crippen LogP contribution in [-0.2, 0) is 19.6 Å². The molecule has 0 fully saturated rings. The fourth-order valence-corrected chi connectivity index (χ4v) is 2.94. The summed E-state index contributed by atoms with van der Waals surface area (Å²) in [5.41, 5.74) is 4.52. The van der Waals surface area contributed by atoms with Crippen LogP contribution in [-0.4, -0.2) is 11.7 Å². The second-order valence-electron chi connectivity index (χ2n) is 5.43. The topological polar surface area (TPSA) is 45.5 Å². The van der Waals surface area contributed by atoms with Crippen molar-refractivity contribution < 1.29 is 9.47 Å². The van der Waals surface area contributed by atoms with E-state index >= 15 is 0 Å². The van der Waals surface area contributed by atoms with Gasteiger partial charge in [-0.2, -0.15) is 5.26 Å². The normalized spacial score (nSPS) is 15.8. The minimum atomic E-state index is 0.310. The van der Waals surface area contributed by atoms with Crippen LogP contribution >= 0.6 is 0 Å². The molecule has 0 aromatic heterocycles. The molecule has 0 amide bonds. The molecule has 2 aliphatic rings. The van der Waals surface area contributed by atoms with E-state index in [9.17, 15) is 0 Å². The highest BCUT2D eigenvalue weighted by molar-refractivity contribution is 5.45. The molecule has 0 radical (unpaired) electrons. The fourth-order valence-electron chi connectivity index (χ4n) is 2.94. The molecular weight excluding hydrogens is 264 g/mol. The van der Waals surface area contributed by atoms with Crippen molar-refractivity contribution >= 4 is 0 Å². The van der Waals surface area contributed by atoms with Crippen molar-refractivity contribution in [2.75, 3.05) is 6.79 Å². The zero-order valence-corrected chi connectivity index (χ0v) is 11.5. The zero-order valence-electron chi connectivity index (χ0n) is 11.5. The number of ether oxygens (including phenoxy) is 2. The lowest BCUT2D eigenvalue weighted by molar-refractivity contribution is 0.174. The summed E-state index contributed by atoms with van der Waals surface area (Å²) in [5, 5.41) is 8.97. The molecule has 2 heterocycles. The Kier molecular flexibility index (Phi) is 2.80. The van der Waals surface area contributed by atoms with Crippen molar-refractivity contribution in [2.24, 2.45) is 0 Å². The van der Waals surface area contributed by atoms with Crippen LogP contribution in [0.2, 0.25) is 0 Å². The van der Waals surface area contributed by atoms with Crippen LogP contribution in [0.4, 0.5) is 0 Å². The zero-order chi connectivity index (χ0) is 14.2. The van der Waals surface area contributed by atoms with E-state index in [0.29, 0.717) is 6.79 Å². The van der Waals surface area contributed by atoms with Crippen LogP contribution in [0.5, 0.6) is 11.5 Å². The highest BCUT2D eigenvalue weighted by Gasteiger charge is 2.20. The van der Waals surface area contributed by atoms with Gasteiger partial charge in [0.05, 0.1) is 11.6 Å². The first-order valence-electron chi connectivity index (χ1n) is 6.94. The van der Waals surface area contributed by atoms with E-state index in [1.165, 1.54) is 16.7 Å². The Balaban J connectivity index is 1.51. The summed E-state index contributed by atoms with van der Waals surface area (Å²) < 4.78 is 10.8. The minimum absolute atomic E-state index is 0.310. The van der Waals surface area contributed by atoms with E-state index in [2.05, 4.69) is 23.1 Å². The van der Waals surface area contributed by atoms with Crippen LogP contribution in [0.3, 0.4) is 0 Å². The van der Waals surface area contributed by atoms with Crippen LogP contribution < -0.4 is 9.47 Å². The summed E-state index contributed by atoms with van der Waals surface area (Å²) in [5.74, 6) is 1.65. The molecule has 0 saturated heterocycles. The highest BCUT2D eigenvalue weighted by atomic mass is 16.7. The second-order valence-corrected chi connectivity index (χ2v) is 5.43. The first-order valence-corrected chi connectivity index (χ1v) is 6.94. The molecular formula is C17H14N2O2. The number of hydrogen-bond acceptors (Lipinski definition) is 4. The number of rotatable bonds is 2. The number of benzene rings is 2. The monoisotopic (exact) mass is 278 g/mol. The molecule has 0 bridgehead atoms. The molecule has 0 spiro atoms. The minimum Gasteiger partial charge on any atom is -0.454 e. The van der Waals surface area contributed by atoms with Gasteiger partial charge in [0.1, 0.15) is 0 Å². The van der Waals surface area contributed by atoms with Crippen LogP contribution in [0, 0.1) is 11.3 Å². The SMILES string of the molecule is N#Cc1ccc2c(c1)CN(Cc1ccc3c(c1)OCO3)C2. The Labute approximate surface area is 123 Å². The lowest BCUT2D eigenvalue weighted by Crippen LogP contribution is -2.15. The van der Waals surface area contributed by atoms with E-state index in [-0.39, 0.29) is 0 Å². The molecule has 0 aliphatic carbocycles. The van der Waals surface area contributed by atoms with Gasteiger partial charge in [0.2, 0.25) is 6.79 Å². The highest BCUT2D eigenvalue weighted by Crippen LogP contribution is 2.33. The first kappa shape index (κ1) is 12.2. The average Bonchev–Trinajstić information content (AvgIpc) is 3.11. The number of fused-ring (bicyclic) bond motifs is 2. The molecule has 4 nitrogen and oxygen atoms in total. The van der Waals surface area contributed by atoms with Gasteiger partial charge in [-0.3, -0.25) is 4.90 Å². The summed E-state index contributed by atoms with van der Waals surface area (Å²) in [6.07, 6.45) is 0. The molecule has 4 heteroatoms.